The summed E-state index contributed by atoms with van der Waals surface area (Å²) in [5.74, 6) is 0.513. The van der Waals surface area contributed by atoms with E-state index in [4.69, 9.17) is 0 Å². The molecule has 0 spiro atoms. The van der Waals surface area contributed by atoms with E-state index in [2.05, 4.69) is 12.2 Å². The Balaban J connectivity index is 2.30. The van der Waals surface area contributed by atoms with Gasteiger partial charge in [0.25, 0.3) is 0 Å². The number of hydrogen-bond donors (Lipinski definition) is 1. The molecule has 1 N–H and O–H groups in total. The number of alkyl halides is 3. The summed E-state index contributed by atoms with van der Waals surface area (Å²) < 4.78 is 36.3. The highest BCUT2D eigenvalue weighted by molar-refractivity contribution is 4.79. The molecule has 1 atom stereocenters. The van der Waals surface area contributed by atoms with Crippen molar-refractivity contribution in [3.63, 3.8) is 0 Å². The third-order valence-corrected chi connectivity index (χ3v) is 3.20. The molecule has 1 fully saturated rings. The van der Waals surface area contributed by atoms with Gasteiger partial charge in [0.2, 0.25) is 0 Å². The van der Waals surface area contributed by atoms with Crippen LogP contribution in [0, 0.1) is 5.92 Å². The summed E-state index contributed by atoms with van der Waals surface area (Å²) >= 11 is 0. The fraction of sp³-hybridized carbons (Fsp3) is 1.00. The molecule has 0 amide bonds. The monoisotopic (exact) mass is 224 g/mol. The van der Waals surface area contributed by atoms with E-state index in [0.717, 1.165) is 12.8 Å². The van der Waals surface area contributed by atoms with Gasteiger partial charge in [-0.25, -0.2) is 0 Å². The largest absolute Gasteiger partial charge is 0.401 e. The molecule has 5 heteroatoms. The predicted octanol–water partition coefficient (Wildman–Crippen LogP) is 1.87. The third-order valence-electron chi connectivity index (χ3n) is 3.20. The molecule has 1 aliphatic rings. The molecule has 0 aromatic carbocycles. The first-order chi connectivity index (χ1) is 6.92. The SMILES string of the molecule is CNC(C)C1CCN(CC(F)(F)F)CC1. The van der Waals surface area contributed by atoms with Crippen LogP contribution in [0.1, 0.15) is 19.8 Å². The van der Waals surface area contributed by atoms with Crippen LogP contribution in [0.25, 0.3) is 0 Å². The van der Waals surface area contributed by atoms with Crippen molar-refractivity contribution in [2.75, 3.05) is 26.7 Å². The highest BCUT2D eigenvalue weighted by atomic mass is 19.4. The molecule has 0 aromatic heterocycles. The van der Waals surface area contributed by atoms with E-state index < -0.39 is 12.7 Å². The predicted molar refractivity (Wildman–Crippen MR) is 53.7 cm³/mol. The topological polar surface area (TPSA) is 15.3 Å². The quantitative estimate of drug-likeness (QED) is 0.787. The smallest absolute Gasteiger partial charge is 0.317 e. The lowest BCUT2D eigenvalue weighted by molar-refractivity contribution is -0.148. The van der Waals surface area contributed by atoms with Crippen LogP contribution in [0.3, 0.4) is 0 Å². The maximum atomic E-state index is 12.1. The Labute approximate surface area is 88.8 Å². The van der Waals surface area contributed by atoms with Gasteiger partial charge in [0.1, 0.15) is 0 Å². The van der Waals surface area contributed by atoms with E-state index >= 15 is 0 Å². The molecule has 0 saturated carbocycles. The molecule has 1 rings (SSSR count). The Morgan fingerprint density at radius 1 is 1.33 bits per heavy atom. The number of nitrogens with one attached hydrogen (secondary N) is 1. The zero-order valence-corrected chi connectivity index (χ0v) is 9.27. The minimum absolute atomic E-state index is 0.401. The fourth-order valence-electron chi connectivity index (χ4n) is 2.10. The summed E-state index contributed by atoms with van der Waals surface area (Å²) in [5, 5.41) is 3.16. The molecule has 1 unspecified atom stereocenters. The minimum Gasteiger partial charge on any atom is -0.317 e. The van der Waals surface area contributed by atoms with Gasteiger partial charge in [-0.3, -0.25) is 4.90 Å². The maximum Gasteiger partial charge on any atom is 0.401 e. The fourth-order valence-corrected chi connectivity index (χ4v) is 2.10. The van der Waals surface area contributed by atoms with Crippen molar-refractivity contribution >= 4 is 0 Å². The van der Waals surface area contributed by atoms with E-state index in [1.807, 2.05) is 7.05 Å². The average Bonchev–Trinajstić information content (AvgIpc) is 2.15. The van der Waals surface area contributed by atoms with E-state index in [1.54, 1.807) is 0 Å². The second-order valence-corrected chi connectivity index (χ2v) is 4.31. The number of rotatable bonds is 3. The minimum atomic E-state index is -4.05. The Kier molecular flexibility index (Phi) is 4.40. The van der Waals surface area contributed by atoms with Gasteiger partial charge in [-0.1, -0.05) is 0 Å². The van der Waals surface area contributed by atoms with Crippen molar-refractivity contribution in [2.24, 2.45) is 5.92 Å². The van der Waals surface area contributed by atoms with Crippen LogP contribution in [-0.4, -0.2) is 43.8 Å². The molecule has 0 bridgehead atoms. The van der Waals surface area contributed by atoms with Crippen LogP contribution in [0.15, 0.2) is 0 Å². The number of piperidine rings is 1. The van der Waals surface area contributed by atoms with Crippen molar-refractivity contribution in [3.8, 4) is 0 Å². The zero-order chi connectivity index (χ0) is 11.5. The van der Waals surface area contributed by atoms with Gasteiger partial charge in [-0.2, -0.15) is 13.2 Å². The summed E-state index contributed by atoms with van der Waals surface area (Å²) in [6.45, 7) is 2.46. The molecular weight excluding hydrogens is 205 g/mol. The van der Waals surface area contributed by atoms with E-state index in [1.165, 1.54) is 4.90 Å². The Morgan fingerprint density at radius 2 is 1.87 bits per heavy atom. The van der Waals surface area contributed by atoms with Crippen molar-refractivity contribution < 1.29 is 13.2 Å². The van der Waals surface area contributed by atoms with E-state index in [9.17, 15) is 13.2 Å². The van der Waals surface area contributed by atoms with Crippen LogP contribution in [0.4, 0.5) is 13.2 Å². The average molecular weight is 224 g/mol. The van der Waals surface area contributed by atoms with Gasteiger partial charge in [-0.05, 0) is 45.8 Å². The molecule has 1 saturated heterocycles. The summed E-state index contributed by atoms with van der Waals surface area (Å²) in [6.07, 6.45) is -2.34. The number of halogens is 3. The lowest BCUT2D eigenvalue weighted by Crippen LogP contribution is -2.44. The summed E-state index contributed by atoms with van der Waals surface area (Å²) in [6, 6.07) is 0.401. The van der Waals surface area contributed by atoms with Crippen LogP contribution < -0.4 is 5.32 Å². The van der Waals surface area contributed by atoms with Crippen molar-refractivity contribution in [1.29, 1.82) is 0 Å². The lowest BCUT2D eigenvalue weighted by atomic mass is 9.90. The van der Waals surface area contributed by atoms with Crippen LogP contribution in [0.2, 0.25) is 0 Å². The Morgan fingerprint density at radius 3 is 2.27 bits per heavy atom. The van der Waals surface area contributed by atoms with Gasteiger partial charge < -0.3 is 5.32 Å². The zero-order valence-electron chi connectivity index (χ0n) is 9.27. The van der Waals surface area contributed by atoms with Gasteiger partial charge in [0.05, 0.1) is 6.54 Å². The first-order valence-electron chi connectivity index (χ1n) is 5.39. The van der Waals surface area contributed by atoms with Crippen LogP contribution in [-0.2, 0) is 0 Å². The molecule has 0 radical (unpaired) electrons. The second-order valence-electron chi connectivity index (χ2n) is 4.31. The highest BCUT2D eigenvalue weighted by Gasteiger charge is 2.33. The molecule has 1 heterocycles. The molecule has 0 aliphatic carbocycles. The number of nitrogens with zero attached hydrogens (tertiary/aromatic N) is 1. The summed E-state index contributed by atoms with van der Waals surface area (Å²) in [4.78, 5) is 1.50. The molecule has 0 aromatic rings. The molecular formula is C10H19F3N2. The van der Waals surface area contributed by atoms with E-state index in [-0.39, 0.29) is 0 Å². The Bertz CT molecular complexity index is 186. The number of hydrogen-bond acceptors (Lipinski definition) is 2. The standard InChI is InChI=1S/C10H19F3N2/c1-8(14-2)9-3-5-15(6-4-9)7-10(11,12)13/h8-9,14H,3-7H2,1-2H3. The molecule has 2 nitrogen and oxygen atoms in total. The Hall–Kier alpha value is -0.290. The third kappa shape index (κ3) is 4.38. The first-order valence-corrected chi connectivity index (χ1v) is 5.39. The van der Waals surface area contributed by atoms with Crippen molar-refractivity contribution in [3.05, 3.63) is 0 Å². The second kappa shape index (κ2) is 5.16. The van der Waals surface area contributed by atoms with Crippen molar-refractivity contribution in [1.82, 2.24) is 10.2 Å². The summed E-state index contributed by atoms with van der Waals surface area (Å²) in [7, 11) is 1.90. The molecule has 15 heavy (non-hydrogen) atoms. The van der Waals surface area contributed by atoms with Gasteiger partial charge >= 0.3 is 6.18 Å². The highest BCUT2D eigenvalue weighted by Crippen LogP contribution is 2.24. The van der Waals surface area contributed by atoms with Crippen molar-refractivity contribution in [2.45, 2.75) is 32.0 Å². The van der Waals surface area contributed by atoms with Crippen LogP contribution in [0.5, 0.6) is 0 Å². The van der Waals surface area contributed by atoms with Gasteiger partial charge in [0, 0.05) is 6.04 Å². The summed E-state index contributed by atoms with van der Waals surface area (Å²) in [5.41, 5.74) is 0. The molecule has 90 valence electrons. The maximum absolute atomic E-state index is 12.1. The lowest BCUT2D eigenvalue weighted by Gasteiger charge is -2.34. The van der Waals surface area contributed by atoms with Gasteiger partial charge in [0.15, 0.2) is 0 Å². The first kappa shape index (κ1) is 12.8. The number of likely N-dealkylation sites (tertiary alicyclic amines) is 1. The normalized spacial score (nSPS) is 23.0. The molecule has 1 aliphatic heterocycles. The van der Waals surface area contributed by atoms with Crippen LogP contribution >= 0.6 is 0 Å². The van der Waals surface area contributed by atoms with E-state index in [0.29, 0.717) is 25.0 Å². The van der Waals surface area contributed by atoms with Gasteiger partial charge in [-0.15, -0.1) is 0 Å².